The predicted octanol–water partition coefficient (Wildman–Crippen LogP) is 2.03. The lowest BCUT2D eigenvalue weighted by atomic mass is 10.2. The lowest BCUT2D eigenvalue weighted by Gasteiger charge is -2.28. The van der Waals surface area contributed by atoms with Gasteiger partial charge >= 0.3 is 6.09 Å². The highest BCUT2D eigenvalue weighted by Crippen LogP contribution is 2.20. The number of carbonyl (C=O) groups excluding carboxylic acids is 1. The van der Waals surface area contributed by atoms with Crippen molar-refractivity contribution in [3.8, 4) is 0 Å². The van der Waals surface area contributed by atoms with Crippen LogP contribution >= 0.6 is 0 Å². The molecule has 1 atom stereocenters. The molecule has 0 unspecified atom stereocenters. The van der Waals surface area contributed by atoms with Crippen LogP contribution in [0.5, 0.6) is 0 Å². The summed E-state index contributed by atoms with van der Waals surface area (Å²) in [6, 6.07) is 0.185. The first-order chi connectivity index (χ1) is 6.94. The quantitative estimate of drug-likeness (QED) is 0.707. The third-order valence-corrected chi connectivity index (χ3v) is 2.36. The van der Waals surface area contributed by atoms with Crippen molar-refractivity contribution in [1.29, 1.82) is 0 Å². The summed E-state index contributed by atoms with van der Waals surface area (Å²) in [4.78, 5) is 13.6. The molecule has 1 rings (SSSR count). The number of carbonyl (C=O) groups is 1. The molecular weight excluding hydrogens is 194 g/mol. The van der Waals surface area contributed by atoms with Gasteiger partial charge in [-0.3, -0.25) is 0 Å². The van der Waals surface area contributed by atoms with Crippen LogP contribution in [0.2, 0.25) is 0 Å². The highest BCUT2D eigenvalue weighted by Gasteiger charge is 2.31. The number of likely N-dealkylation sites (tertiary alicyclic amines) is 1. The Balaban J connectivity index is 2.51. The Labute approximate surface area is 91.5 Å². The molecule has 0 bridgehead atoms. The van der Waals surface area contributed by atoms with E-state index in [0.29, 0.717) is 6.61 Å². The predicted molar refractivity (Wildman–Crippen MR) is 57.8 cm³/mol. The Bertz CT molecular complexity index is 222. The SMILES string of the molecule is COC[C@@H]1CCCN1C(=O)OC(C)(C)C. The summed E-state index contributed by atoms with van der Waals surface area (Å²) >= 11 is 0. The molecule has 0 saturated carbocycles. The third kappa shape index (κ3) is 3.70. The van der Waals surface area contributed by atoms with Crippen LogP contribution in [-0.4, -0.2) is 42.9 Å². The largest absolute Gasteiger partial charge is 0.444 e. The fourth-order valence-electron chi connectivity index (χ4n) is 1.76. The second-order valence-corrected chi connectivity index (χ2v) is 4.93. The van der Waals surface area contributed by atoms with Gasteiger partial charge in [-0.15, -0.1) is 0 Å². The minimum atomic E-state index is -0.419. The Kier molecular flexibility index (Phi) is 3.97. The van der Waals surface area contributed by atoms with Crippen molar-refractivity contribution >= 4 is 6.09 Å². The molecule has 15 heavy (non-hydrogen) atoms. The van der Waals surface area contributed by atoms with Crippen LogP contribution in [0.25, 0.3) is 0 Å². The number of nitrogens with zero attached hydrogens (tertiary/aromatic N) is 1. The van der Waals surface area contributed by atoms with Crippen molar-refractivity contribution < 1.29 is 14.3 Å². The molecule has 0 aromatic rings. The zero-order valence-electron chi connectivity index (χ0n) is 10.1. The maximum Gasteiger partial charge on any atom is 0.410 e. The fraction of sp³-hybridized carbons (Fsp3) is 0.909. The highest BCUT2D eigenvalue weighted by molar-refractivity contribution is 5.68. The molecule has 1 heterocycles. The van der Waals surface area contributed by atoms with Gasteiger partial charge in [-0.25, -0.2) is 4.79 Å². The van der Waals surface area contributed by atoms with Crippen molar-refractivity contribution in [3.05, 3.63) is 0 Å². The summed E-state index contributed by atoms with van der Waals surface area (Å²) in [7, 11) is 1.66. The van der Waals surface area contributed by atoms with Crippen LogP contribution in [0.1, 0.15) is 33.6 Å². The molecule has 0 radical (unpaired) electrons. The molecule has 4 nitrogen and oxygen atoms in total. The van der Waals surface area contributed by atoms with E-state index in [1.807, 2.05) is 20.8 Å². The molecule has 0 spiro atoms. The van der Waals surface area contributed by atoms with E-state index in [-0.39, 0.29) is 12.1 Å². The zero-order valence-corrected chi connectivity index (χ0v) is 10.1. The molecule has 0 aromatic carbocycles. The van der Waals surface area contributed by atoms with Crippen LogP contribution in [0, 0.1) is 0 Å². The van der Waals surface area contributed by atoms with Gasteiger partial charge in [-0.1, -0.05) is 0 Å². The number of hydrogen-bond donors (Lipinski definition) is 0. The second-order valence-electron chi connectivity index (χ2n) is 4.93. The number of amides is 1. The summed E-state index contributed by atoms with van der Waals surface area (Å²) in [6.07, 6.45) is 1.82. The second kappa shape index (κ2) is 4.84. The molecule has 0 aromatic heterocycles. The van der Waals surface area contributed by atoms with Crippen LogP contribution < -0.4 is 0 Å². The van der Waals surface area contributed by atoms with E-state index in [9.17, 15) is 4.79 Å². The standard InChI is InChI=1S/C11H21NO3/c1-11(2,3)15-10(13)12-7-5-6-9(12)8-14-4/h9H,5-8H2,1-4H3/t9-/m0/s1. The summed E-state index contributed by atoms with van der Waals surface area (Å²) in [6.45, 7) is 7.02. The van der Waals surface area contributed by atoms with E-state index >= 15 is 0 Å². The minimum Gasteiger partial charge on any atom is -0.444 e. The summed E-state index contributed by atoms with van der Waals surface area (Å²) in [5, 5.41) is 0. The molecule has 1 fully saturated rings. The first-order valence-electron chi connectivity index (χ1n) is 5.42. The smallest absolute Gasteiger partial charge is 0.410 e. The third-order valence-electron chi connectivity index (χ3n) is 2.36. The van der Waals surface area contributed by atoms with Crippen molar-refractivity contribution in [2.24, 2.45) is 0 Å². The van der Waals surface area contributed by atoms with Crippen LogP contribution in [0.4, 0.5) is 4.79 Å². The van der Waals surface area contributed by atoms with E-state index in [1.54, 1.807) is 12.0 Å². The van der Waals surface area contributed by atoms with Crippen molar-refractivity contribution in [3.63, 3.8) is 0 Å². The van der Waals surface area contributed by atoms with Crippen molar-refractivity contribution in [2.45, 2.75) is 45.3 Å². The van der Waals surface area contributed by atoms with Gasteiger partial charge in [0.1, 0.15) is 5.60 Å². The lowest BCUT2D eigenvalue weighted by molar-refractivity contribution is 0.0148. The Morgan fingerprint density at radius 2 is 2.13 bits per heavy atom. The van der Waals surface area contributed by atoms with Crippen LogP contribution in [0.15, 0.2) is 0 Å². The molecule has 1 aliphatic rings. The van der Waals surface area contributed by atoms with Crippen LogP contribution in [0.3, 0.4) is 0 Å². The Morgan fingerprint density at radius 1 is 1.47 bits per heavy atom. The molecule has 88 valence electrons. The molecule has 0 aliphatic carbocycles. The summed E-state index contributed by atoms with van der Waals surface area (Å²) < 4.78 is 10.4. The number of rotatable bonds is 2. The average Bonchev–Trinajstić information content (AvgIpc) is 2.49. The van der Waals surface area contributed by atoms with Gasteiger partial charge in [0.25, 0.3) is 0 Å². The monoisotopic (exact) mass is 215 g/mol. The lowest BCUT2D eigenvalue weighted by Crippen LogP contribution is -2.41. The zero-order chi connectivity index (χ0) is 11.5. The average molecular weight is 215 g/mol. The van der Waals surface area contributed by atoms with Gasteiger partial charge in [0.2, 0.25) is 0 Å². The van der Waals surface area contributed by atoms with Gasteiger partial charge in [0.05, 0.1) is 12.6 Å². The summed E-state index contributed by atoms with van der Waals surface area (Å²) in [5.41, 5.74) is -0.419. The number of methoxy groups -OCH3 is 1. The van der Waals surface area contributed by atoms with Crippen molar-refractivity contribution in [1.82, 2.24) is 4.90 Å². The maximum atomic E-state index is 11.8. The molecule has 4 heteroatoms. The first-order valence-corrected chi connectivity index (χ1v) is 5.42. The van der Waals surface area contributed by atoms with Crippen LogP contribution in [-0.2, 0) is 9.47 Å². The molecular formula is C11H21NO3. The van der Waals surface area contributed by atoms with E-state index < -0.39 is 5.60 Å². The van der Waals surface area contributed by atoms with Gasteiger partial charge < -0.3 is 14.4 Å². The fourth-order valence-corrected chi connectivity index (χ4v) is 1.76. The van der Waals surface area contributed by atoms with E-state index in [2.05, 4.69) is 0 Å². The first kappa shape index (κ1) is 12.3. The topological polar surface area (TPSA) is 38.8 Å². The van der Waals surface area contributed by atoms with Crippen molar-refractivity contribution in [2.75, 3.05) is 20.3 Å². The van der Waals surface area contributed by atoms with E-state index in [1.165, 1.54) is 0 Å². The Hall–Kier alpha value is -0.770. The van der Waals surface area contributed by atoms with Gasteiger partial charge in [-0.05, 0) is 33.6 Å². The molecule has 1 amide bonds. The molecule has 0 N–H and O–H groups in total. The molecule has 1 aliphatic heterocycles. The minimum absolute atomic E-state index is 0.185. The van der Waals surface area contributed by atoms with Gasteiger partial charge in [-0.2, -0.15) is 0 Å². The Morgan fingerprint density at radius 3 is 2.67 bits per heavy atom. The van der Waals surface area contributed by atoms with E-state index in [4.69, 9.17) is 9.47 Å². The maximum absolute atomic E-state index is 11.8. The normalized spacial score (nSPS) is 21.9. The van der Waals surface area contributed by atoms with Gasteiger partial charge in [0, 0.05) is 13.7 Å². The number of ether oxygens (including phenoxy) is 2. The number of hydrogen-bond acceptors (Lipinski definition) is 3. The molecule has 1 saturated heterocycles. The summed E-state index contributed by atoms with van der Waals surface area (Å²) in [5.74, 6) is 0. The van der Waals surface area contributed by atoms with Gasteiger partial charge in [0.15, 0.2) is 0 Å². The van der Waals surface area contributed by atoms with E-state index in [0.717, 1.165) is 19.4 Å². The highest BCUT2D eigenvalue weighted by atomic mass is 16.6.